The first-order chi connectivity index (χ1) is 11.3. The molecule has 0 fully saturated rings. The Balaban J connectivity index is 2.90. The zero-order chi connectivity index (χ0) is 18.2. The van der Waals surface area contributed by atoms with Gasteiger partial charge in [-0.25, -0.2) is 13.1 Å². The normalized spacial score (nSPS) is 11.7. The third-order valence-corrected chi connectivity index (χ3v) is 4.63. The second-order valence-corrected chi connectivity index (χ2v) is 7.18. The molecule has 0 atom stereocenters. The van der Waals surface area contributed by atoms with E-state index in [4.69, 9.17) is 4.74 Å². The first kappa shape index (κ1) is 20.3. The molecule has 0 unspecified atom stereocenters. The van der Waals surface area contributed by atoms with Crippen molar-refractivity contribution in [3.63, 3.8) is 0 Å². The monoisotopic (exact) mass is 360 g/mol. The number of benzene rings is 1. The van der Waals surface area contributed by atoms with Gasteiger partial charge in [0.05, 0.1) is 9.82 Å². The minimum Gasteiger partial charge on any atom is -0.385 e. The van der Waals surface area contributed by atoms with Crippen LogP contribution in [0.25, 0.3) is 0 Å². The highest BCUT2D eigenvalue weighted by Crippen LogP contribution is 2.27. The predicted octanol–water partition coefficient (Wildman–Crippen LogP) is 0.883. The molecule has 0 aliphatic carbocycles. The van der Waals surface area contributed by atoms with E-state index in [9.17, 15) is 18.5 Å². The van der Waals surface area contributed by atoms with Crippen LogP contribution in [0.3, 0.4) is 0 Å². The Kier molecular flexibility index (Phi) is 8.05. The van der Waals surface area contributed by atoms with Crippen LogP contribution in [0.2, 0.25) is 0 Å². The van der Waals surface area contributed by atoms with Gasteiger partial charge in [-0.3, -0.25) is 10.1 Å². The number of rotatable bonds is 11. The summed E-state index contributed by atoms with van der Waals surface area (Å²) in [4.78, 5) is 12.3. The number of nitrogens with one attached hydrogen (secondary N) is 2. The largest absolute Gasteiger partial charge is 0.385 e. The molecule has 9 nitrogen and oxygen atoms in total. The van der Waals surface area contributed by atoms with Crippen molar-refractivity contribution in [2.75, 3.05) is 52.8 Å². The van der Waals surface area contributed by atoms with Crippen LogP contribution in [0.5, 0.6) is 0 Å². The Labute approximate surface area is 142 Å². The quantitative estimate of drug-likeness (QED) is 0.342. The molecule has 0 spiro atoms. The summed E-state index contributed by atoms with van der Waals surface area (Å²) >= 11 is 0. The van der Waals surface area contributed by atoms with Gasteiger partial charge in [0.1, 0.15) is 5.69 Å². The van der Waals surface area contributed by atoms with E-state index >= 15 is 0 Å². The summed E-state index contributed by atoms with van der Waals surface area (Å²) in [6.45, 7) is 1.77. The molecule has 10 heteroatoms. The number of sulfonamides is 1. The summed E-state index contributed by atoms with van der Waals surface area (Å²) in [6, 6.07) is 3.83. The van der Waals surface area contributed by atoms with Gasteiger partial charge in [-0.05, 0) is 32.6 Å². The van der Waals surface area contributed by atoms with Gasteiger partial charge in [0.15, 0.2) is 0 Å². The SMILES string of the molecule is COCCCNc1ccc(S(=O)(=O)NCCN(C)C)cc1[N+](=O)[O-]. The summed E-state index contributed by atoms with van der Waals surface area (Å²) < 4.78 is 31.8. The molecule has 0 saturated carbocycles. The maximum atomic E-state index is 12.2. The van der Waals surface area contributed by atoms with Crippen LogP contribution >= 0.6 is 0 Å². The molecule has 0 aliphatic rings. The third kappa shape index (κ3) is 6.40. The second kappa shape index (κ2) is 9.52. The molecule has 0 saturated heterocycles. The number of methoxy groups -OCH3 is 1. The molecule has 1 aromatic rings. The number of likely N-dealkylation sites (N-methyl/N-ethyl adjacent to an activating group) is 1. The van der Waals surface area contributed by atoms with Gasteiger partial charge in [0.2, 0.25) is 10.0 Å². The van der Waals surface area contributed by atoms with Crippen LogP contribution < -0.4 is 10.0 Å². The first-order valence-electron chi connectivity index (χ1n) is 7.43. The maximum absolute atomic E-state index is 12.2. The zero-order valence-corrected chi connectivity index (χ0v) is 14.9. The van der Waals surface area contributed by atoms with Gasteiger partial charge in [0, 0.05) is 39.4 Å². The number of anilines is 1. The number of ether oxygens (including phenoxy) is 1. The van der Waals surface area contributed by atoms with E-state index in [0.717, 1.165) is 6.07 Å². The summed E-state index contributed by atoms with van der Waals surface area (Å²) in [5.74, 6) is 0. The summed E-state index contributed by atoms with van der Waals surface area (Å²) in [5, 5.41) is 14.1. The Hall–Kier alpha value is -1.75. The Morgan fingerprint density at radius 3 is 2.58 bits per heavy atom. The Morgan fingerprint density at radius 1 is 1.29 bits per heavy atom. The molecular formula is C14H24N4O5S. The number of nitro groups is 1. The van der Waals surface area contributed by atoms with E-state index in [1.54, 1.807) is 7.11 Å². The first-order valence-corrected chi connectivity index (χ1v) is 8.92. The molecule has 0 bridgehead atoms. The molecule has 0 amide bonds. The van der Waals surface area contributed by atoms with E-state index in [1.807, 2.05) is 19.0 Å². The molecule has 0 aromatic heterocycles. The van der Waals surface area contributed by atoms with Crippen LogP contribution in [0, 0.1) is 10.1 Å². The predicted molar refractivity (Wildman–Crippen MR) is 91.8 cm³/mol. The average Bonchev–Trinajstić information content (AvgIpc) is 2.50. The van der Waals surface area contributed by atoms with Crippen molar-refractivity contribution in [2.45, 2.75) is 11.3 Å². The topological polar surface area (TPSA) is 114 Å². The number of hydrogen-bond donors (Lipinski definition) is 2. The lowest BCUT2D eigenvalue weighted by atomic mass is 10.2. The Bertz CT molecular complexity index is 649. The lowest BCUT2D eigenvalue weighted by Gasteiger charge is -2.12. The molecule has 0 aliphatic heterocycles. The number of hydrogen-bond acceptors (Lipinski definition) is 7. The van der Waals surface area contributed by atoms with Crippen LogP contribution in [-0.2, 0) is 14.8 Å². The van der Waals surface area contributed by atoms with Crippen LogP contribution in [-0.4, -0.2) is 65.7 Å². The standard InChI is InChI=1S/C14H24N4O5S/c1-17(2)9-8-16-24(21,22)12-5-6-13(14(11-12)18(19)20)15-7-4-10-23-3/h5-6,11,15-16H,4,7-10H2,1-3H3. The maximum Gasteiger partial charge on any atom is 0.293 e. The molecule has 24 heavy (non-hydrogen) atoms. The summed E-state index contributed by atoms with van der Waals surface area (Å²) in [7, 11) is 1.43. The highest BCUT2D eigenvalue weighted by Gasteiger charge is 2.21. The fourth-order valence-corrected chi connectivity index (χ4v) is 2.95. The minimum atomic E-state index is -3.79. The van der Waals surface area contributed by atoms with Gasteiger partial charge in [-0.1, -0.05) is 0 Å². The molecular weight excluding hydrogens is 336 g/mol. The van der Waals surface area contributed by atoms with Crippen molar-refractivity contribution >= 4 is 21.4 Å². The molecule has 0 heterocycles. The van der Waals surface area contributed by atoms with Crippen molar-refractivity contribution in [1.82, 2.24) is 9.62 Å². The molecule has 136 valence electrons. The van der Waals surface area contributed by atoms with Crippen molar-refractivity contribution in [3.8, 4) is 0 Å². The van der Waals surface area contributed by atoms with Gasteiger partial charge in [0.25, 0.3) is 5.69 Å². The lowest BCUT2D eigenvalue weighted by Crippen LogP contribution is -2.31. The van der Waals surface area contributed by atoms with Gasteiger partial charge in [-0.15, -0.1) is 0 Å². The molecule has 1 aromatic carbocycles. The smallest absolute Gasteiger partial charge is 0.293 e. The molecule has 1 rings (SSSR count). The van der Waals surface area contributed by atoms with Crippen molar-refractivity contribution in [2.24, 2.45) is 0 Å². The third-order valence-electron chi connectivity index (χ3n) is 3.17. The van der Waals surface area contributed by atoms with Gasteiger partial charge >= 0.3 is 0 Å². The van der Waals surface area contributed by atoms with E-state index in [2.05, 4.69) is 10.0 Å². The van der Waals surface area contributed by atoms with E-state index in [-0.39, 0.29) is 22.8 Å². The van der Waals surface area contributed by atoms with E-state index < -0.39 is 14.9 Å². The lowest BCUT2D eigenvalue weighted by molar-refractivity contribution is -0.384. The number of nitrogens with zero attached hydrogens (tertiary/aromatic N) is 2. The summed E-state index contributed by atoms with van der Waals surface area (Å²) in [6.07, 6.45) is 0.680. The van der Waals surface area contributed by atoms with E-state index in [0.29, 0.717) is 26.1 Å². The Morgan fingerprint density at radius 2 is 2.00 bits per heavy atom. The highest BCUT2D eigenvalue weighted by molar-refractivity contribution is 7.89. The van der Waals surface area contributed by atoms with Gasteiger partial charge in [-0.2, -0.15) is 0 Å². The van der Waals surface area contributed by atoms with Crippen LogP contribution in [0.15, 0.2) is 23.1 Å². The van der Waals surface area contributed by atoms with E-state index in [1.165, 1.54) is 12.1 Å². The average molecular weight is 360 g/mol. The van der Waals surface area contributed by atoms with Crippen molar-refractivity contribution < 1.29 is 18.1 Å². The second-order valence-electron chi connectivity index (χ2n) is 5.41. The molecule has 0 radical (unpaired) electrons. The van der Waals surface area contributed by atoms with Crippen molar-refractivity contribution in [3.05, 3.63) is 28.3 Å². The number of nitro benzene ring substituents is 1. The van der Waals surface area contributed by atoms with Crippen LogP contribution in [0.4, 0.5) is 11.4 Å². The fraction of sp³-hybridized carbons (Fsp3) is 0.571. The van der Waals surface area contributed by atoms with Gasteiger partial charge < -0.3 is 15.0 Å². The highest BCUT2D eigenvalue weighted by atomic mass is 32.2. The van der Waals surface area contributed by atoms with Crippen LogP contribution in [0.1, 0.15) is 6.42 Å². The summed E-state index contributed by atoms with van der Waals surface area (Å²) in [5.41, 5.74) is 0.00578. The minimum absolute atomic E-state index is 0.129. The molecule has 2 N–H and O–H groups in total. The van der Waals surface area contributed by atoms with Crippen molar-refractivity contribution in [1.29, 1.82) is 0 Å². The zero-order valence-electron chi connectivity index (χ0n) is 14.1. The fourth-order valence-electron chi connectivity index (χ4n) is 1.91.